The number of alkyl halides is 2. The van der Waals surface area contributed by atoms with E-state index in [1.54, 1.807) is 0 Å². The molecule has 0 aliphatic heterocycles. The minimum absolute atomic E-state index is 0.149. The fourth-order valence-electron chi connectivity index (χ4n) is 1.39. The van der Waals surface area contributed by atoms with Gasteiger partial charge in [-0.1, -0.05) is 0 Å². The molecule has 0 spiro atoms. The summed E-state index contributed by atoms with van der Waals surface area (Å²) in [5.41, 5.74) is -1.25. The average Bonchev–Trinajstić information content (AvgIpc) is 2.27. The summed E-state index contributed by atoms with van der Waals surface area (Å²) >= 11 is 0. The molecular weight excluding hydrogens is 268 g/mol. The molecule has 0 atom stereocenters. The number of aldehydes is 1. The number of rotatable bonds is 6. The van der Waals surface area contributed by atoms with Crippen molar-refractivity contribution >= 4 is 17.9 Å². The quantitative estimate of drug-likeness (QED) is 0.480. The molecule has 1 aromatic rings. The van der Waals surface area contributed by atoms with Crippen molar-refractivity contribution in [3.8, 4) is 5.75 Å². The van der Waals surface area contributed by atoms with Crippen molar-refractivity contribution in [3.05, 3.63) is 33.4 Å². The summed E-state index contributed by atoms with van der Waals surface area (Å²) < 4.78 is 28.2. The number of nitro benzene ring substituents is 1. The van der Waals surface area contributed by atoms with E-state index >= 15 is 0 Å². The van der Waals surface area contributed by atoms with Gasteiger partial charge in [0, 0.05) is 11.6 Å². The van der Waals surface area contributed by atoms with Gasteiger partial charge >= 0.3 is 18.3 Å². The summed E-state index contributed by atoms with van der Waals surface area (Å²) in [5, 5.41) is 19.3. The second-order valence-corrected chi connectivity index (χ2v) is 3.34. The molecule has 0 radical (unpaired) electrons. The standard InChI is InChI=1S/C10H7F2NO6/c11-10(12)19-8-2-5(3-9(15)16)6(4-14)1-7(8)13(17)18/h1-2,4,10H,3H2,(H,15,16). The Kier molecular flexibility index (Phi) is 4.46. The van der Waals surface area contributed by atoms with Crippen molar-refractivity contribution < 1.29 is 33.1 Å². The smallest absolute Gasteiger partial charge is 0.387 e. The Morgan fingerprint density at radius 3 is 2.58 bits per heavy atom. The molecule has 0 amide bonds. The molecular formula is C10H7F2NO6. The fraction of sp³-hybridized carbons (Fsp3) is 0.200. The van der Waals surface area contributed by atoms with Gasteiger partial charge in [0.05, 0.1) is 11.3 Å². The van der Waals surface area contributed by atoms with Crippen molar-refractivity contribution in [3.63, 3.8) is 0 Å². The number of carboxylic acids is 1. The van der Waals surface area contributed by atoms with E-state index < -0.39 is 35.4 Å². The molecule has 0 saturated carbocycles. The number of nitrogens with zero attached hydrogens (tertiary/aromatic N) is 1. The van der Waals surface area contributed by atoms with Crippen LogP contribution in [0.3, 0.4) is 0 Å². The summed E-state index contributed by atoms with van der Waals surface area (Å²) in [6.45, 7) is -3.31. The second-order valence-electron chi connectivity index (χ2n) is 3.34. The monoisotopic (exact) mass is 275 g/mol. The first kappa shape index (κ1) is 14.5. The van der Waals surface area contributed by atoms with Gasteiger partial charge in [-0.15, -0.1) is 0 Å². The zero-order chi connectivity index (χ0) is 14.6. The number of hydrogen-bond acceptors (Lipinski definition) is 5. The van der Waals surface area contributed by atoms with Gasteiger partial charge in [0.25, 0.3) is 0 Å². The molecule has 7 nitrogen and oxygen atoms in total. The number of carbonyl (C=O) groups excluding carboxylic acids is 1. The molecule has 0 aliphatic carbocycles. The predicted octanol–water partition coefficient (Wildman–Crippen LogP) is 1.64. The number of carbonyl (C=O) groups is 2. The Hall–Kier alpha value is -2.58. The minimum atomic E-state index is -3.31. The van der Waals surface area contributed by atoms with Crippen LogP contribution in [0.4, 0.5) is 14.5 Å². The molecule has 1 rings (SSSR count). The van der Waals surface area contributed by atoms with E-state index in [9.17, 15) is 28.5 Å². The predicted molar refractivity (Wildman–Crippen MR) is 56.5 cm³/mol. The third kappa shape index (κ3) is 3.69. The van der Waals surface area contributed by atoms with Crippen LogP contribution in [0.2, 0.25) is 0 Å². The summed E-state index contributed by atoms with van der Waals surface area (Å²) in [7, 11) is 0. The van der Waals surface area contributed by atoms with Gasteiger partial charge in [-0.3, -0.25) is 19.7 Å². The number of carboxylic acid groups (broad SMARTS) is 1. The van der Waals surface area contributed by atoms with Crippen molar-refractivity contribution in [2.45, 2.75) is 13.0 Å². The van der Waals surface area contributed by atoms with Crippen molar-refractivity contribution in [1.29, 1.82) is 0 Å². The SMILES string of the molecule is O=Cc1cc([N+](=O)[O-])c(OC(F)F)cc1CC(=O)O. The van der Waals surface area contributed by atoms with E-state index in [0.717, 1.165) is 6.07 Å². The lowest BCUT2D eigenvalue weighted by Gasteiger charge is -2.08. The Labute approximate surface area is 104 Å². The van der Waals surface area contributed by atoms with Gasteiger partial charge in [-0.25, -0.2) is 0 Å². The molecule has 0 fully saturated rings. The van der Waals surface area contributed by atoms with Gasteiger partial charge in [0.1, 0.15) is 0 Å². The van der Waals surface area contributed by atoms with Crippen LogP contribution in [-0.4, -0.2) is 28.9 Å². The average molecular weight is 275 g/mol. The largest absolute Gasteiger partial charge is 0.481 e. The Morgan fingerprint density at radius 1 is 1.53 bits per heavy atom. The molecule has 0 unspecified atom stereocenters. The fourth-order valence-corrected chi connectivity index (χ4v) is 1.39. The number of hydrogen-bond donors (Lipinski definition) is 1. The molecule has 0 saturated heterocycles. The van der Waals surface area contributed by atoms with Gasteiger partial charge in [0.2, 0.25) is 5.75 Å². The molecule has 9 heteroatoms. The second kappa shape index (κ2) is 5.85. The summed E-state index contributed by atoms with van der Waals surface area (Å²) in [6, 6.07) is 1.45. The normalized spacial score (nSPS) is 10.3. The molecule has 102 valence electrons. The van der Waals surface area contributed by atoms with Gasteiger partial charge in [-0.05, 0) is 11.6 Å². The molecule has 0 heterocycles. The van der Waals surface area contributed by atoms with Gasteiger partial charge in [-0.2, -0.15) is 8.78 Å². The van der Waals surface area contributed by atoms with E-state index in [1.807, 2.05) is 0 Å². The Bertz CT molecular complexity index is 531. The number of halogens is 2. The van der Waals surface area contributed by atoms with E-state index in [1.165, 1.54) is 0 Å². The third-order valence-corrected chi connectivity index (χ3v) is 2.10. The molecule has 1 aromatic carbocycles. The van der Waals surface area contributed by atoms with Crippen molar-refractivity contribution in [2.75, 3.05) is 0 Å². The highest BCUT2D eigenvalue weighted by Crippen LogP contribution is 2.31. The number of ether oxygens (including phenoxy) is 1. The lowest BCUT2D eigenvalue weighted by molar-refractivity contribution is -0.386. The highest BCUT2D eigenvalue weighted by molar-refractivity contribution is 5.83. The topological polar surface area (TPSA) is 107 Å². The maximum Gasteiger partial charge on any atom is 0.387 e. The zero-order valence-electron chi connectivity index (χ0n) is 9.21. The first-order chi connectivity index (χ1) is 8.85. The van der Waals surface area contributed by atoms with E-state index in [4.69, 9.17) is 5.11 Å². The molecule has 19 heavy (non-hydrogen) atoms. The van der Waals surface area contributed by atoms with Crippen LogP contribution >= 0.6 is 0 Å². The van der Waals surface area contributed by atoms with Crippen LogP contribution in [0, 0.1) is 10.1 Å². The maximum atomic E-state index is 12.1. The molecule has 0 aromatic heterocycles. The Morgan fingerprint density at radius 2 is 2.16 bits per heavy atom. The zero-order valence-corrected chi connectivity index (χ0v) is 9.21. The van der Waals surface area contributed by atoms with Crippen LogP contribution in [-0.2, 0) is 11.2 Å². The highest BCUT2D eigenvalue weighted by Gasteiger charge is 2.22. The van der Waals surface area contributed by atoms with E-state index in [-0.39, 0.29) is 17.4 Å². The first-order valence-electron chi connectivity index (χ1n) is 4.78. The first-order valence-corrected chi connectivity index (χ1v) is 4.78. The number of benzene rings is 1. The number of aliphatic carboxylic acids is 1. The maximum absolute atomic E-state index is 12.1. The summed E-state index contributed by atoms with van der Waals surface area (Å²) in [4.78, 5) is 30.9. The van der Waals surface area contributed by atoms with Gasteiger partial charge in [0.15, 0.2) is 6.29 Å². The van der Waals surface area contributed by atoms with E-state index in [2.05, 4.69) is 4.74 Å². The van der Waals surface area contributed by atoms with E-state index in [0.29, 0.717) is 6.07 Å². The lowest BCUT2D eigenvalue weighted by atomic mass is 10.0. The third-order valence-electron chi connectivity index (χ3n) is 2.10. The van der Waals surface area contributed by atoms with Crippen molar-refractivity contribution in [2.24, 2.45) is 0 Å². The summed E-state index contributed by atoms with van der Waals surface area (Å²) in [5.74, 6) is -2.11. The molecule has 0 aliphatic rings. The van der Waals surface area contributed by atoms with Crippen LogP contribution in [0.25, 0.3) is 0 Å². The molecule has 0 bridgehead atoms. The minimum Gasteiger partial charge on any atom is -0.481 e. The highest BCUT2D eigenvalue weighted by atomic mass is 19.3. The van der Waals surface area contributed by atoms with Crippen molar-refractivity contribution in [1.82, 2.24) is 0 Å². The van der Waals surface area contributed by atoms with Crippen LogP contribution in [0.5, 0.6) is 5.75 Å². The van der Waals surface area contributed by atoms with Gasteiger partial charge < -0.3 is 9.84 Å². The lowest BCUT2D eigenvalue weighted by Crippen LogP contribution is -2.08. The Balaban J connectivity index is 3.37. The number of nitro groups is 1. The summed E-state index contributed by atoms with van der Waals surface area (Å²) in [6.07, 6.45) is -0.441. The van der Waals surface area contributed by atoms with Crippen LogP contribution in [0.1, 0.15) is 15.9 Å². The molecule has 1 N–H and O–H groups in total. The van der Waals surface area contributed by atoms with Crippen LogP contribution < -0.4 is 4.74 Å². The van der Waals surface area contributed by atoms with Crippen LogP contribution in [0.15, 0.2) is 12.1 Å².